The molecule has 22 heavy (non-hydrogen) atoms. The van der Waals surface area contributed by atoms with Crippen molar-refractivity contribution < 1.29 is 4.79 Å². The van der Waals surface area contributed by atoms with Crippen molar-refractivity contribution in [2.24, 2.45) is 5.92 Å². The summed E-state index contributed by atoms with van der Waals surface area (Å²) >= 11 is 3.27. The van der Waals surface area contributed by atoms with Crippen molar-refractivity contribution in [3.63, 3.8) is 0 Å². The van der Waals surface area contributed by atoms with Gasteiger partial charge in [0.25, 0.3) is 5.91 Å². The van der Waals surface area contributed by atoms with E-state index in [2.05, 4.69) is 26.6 Å². The monoisotopic (exact) mass is 333 g/mol. The molecule has 2 bridgehead atoms. The number of carbonyl (C=O) groups is 1. The SMILES string of the molecule is CSc1nc(C(=O)NC2CN3CCC2CC3)cc2sccc12. The number of hydrogen-bond acceptors (Lipinski definition) is 5. The van der Waals surface area contributed by atoms with Crippen LogP contribution in [0.15, 0.2) is 22.5 Å². The van der Waals surface area contributed by atoms with Crippen molar-refractivity contribution in [2.45, 2.75) is 23.9 Å². The quantitative estimate of drug-likeness (QED) is 0.878. The highest BCUT2D eigenvalue weighted by atomic mass is 32.2. The predicted molar refractivity (Wildman–Crippen MR) is 91.8 cm³/mol. The van der Waals surface area contributed by atoms with Crippen molar-refractivity contribution in [3.05, 3.63) is 23.2 Å². The minimum atomic E-state index is -0.0238. The van der Waals surface area contributed by atoms with E-state index in [1.54, 1.807) is 23.1 Å². The summed E-state index contributed by atoms with van der Waals surface area (Å²) in [4.78, 5) is 19.6. The van der Waals surface area contributed by atoms with E-state index in [0.29, 0.717) is 11.6 Å². The van der Waals surface area contributed by atoms with Crippen molar-refractivity contribution in [3.8, 4) is 0 Å². The van der Waals surface area contributed by atoms with Gasteiger partial charge < -0.3 is 10.2 Å². The van der Waals surface area contributed by atoms with Gasteiger partial charge in [0, 0.05) is 22.7 Å². The fraction of sp³-hybridized carbons (Fsp3) is 0.500. The number of aromatic nitrogens is 1. The van der Waals surface area contributed by atoms with Crippen LogP contribution in [0.5, 0.6) is 0 Å². The Bertz CT molecular complexity index is 706. The van der Waals surface area contributed by atoms with E-state index in [1.807, 2.05) is 12.3 Å². The highest BCUT2D eigenvalue weighted by Gasteiger charge is 2.35. The van der Waals surface area contributed by atoms with E-state index in [-0.39, 0.29) is 11.9 Å². The molecule has 0 radical (unpaired) electrons. The summed E-state index contributed by atoms with van der Waals surface area (Å²) in [5, 5.41) is 7.38. The van der Waals surface area contributed by atoms with Crippen LogP contribution in [0.4, 0.5) is 0 Å². The summed E-state index contributed by atoms with van der Waals surface area (Å²) in [6.07, 6.45) is 4.42. The van der Waals surface area contributed by atoms with Crippen LogP contribution < -0.4 is 5.32 Å². The standard InChI is InChI=1S/C16H19N3OS2/c1-21-16-11-4-7-22-14(11)8-12(18-16)15(20)17-13-9-19-5-2-10(13)3-6-19/h4,7-8,10,13H,2-3,5-6,9H2,1H3,(H,17,20). The lowest BCUT2D eigenvalue weighted by molar-refractivity contribution is 0.0617. The Labute approximate surface area is 138 Å². The average molecular weight is 333 g/mol. The lowest BCUT2D eigenvalue weighted by Gasteiger charge is -2.44. The molecule has 1 amide bonds. The number of rotatable bonds is 3. The first-order valence-corrected chi connectivity index (χ1v) is 9.80. The Morgan fingerprint density at radius 3 is 2.95 bits per heavy atom. The fourth-order valence-corrected chi connectivity index (χ4v) is 5.05. The number of amides is 1. The van der Waals surface area contributed by atoms with Gasteiger partial charge in [0.05, 0.1) is 0 Å². The normalized spacial score (nSPS) is 27.2. The van der Waals surface area contributed by atoms with Crippen molar-refractivity contribution in [1.82, 2.24) is 15.2 Å². The molecule has 1 atom stereocenters. The van der Waals surface area contributed by atoms with Gasteiger partial charge in [-0.15, -0.1) is 23.1 Å². The Morgan fingerprint density at radius 1 is 1.45 bits per heavy atom. The second kappa shape index (κ2) is 5.83. The van der Waals surface area contributed by atoms with Gasteiger partial charge in [-0.05, 0) is 55.6 Å². The van der Waals surface area contributed by atoms with E-state index < -0.39 is 0 Å². The van der Waals surface area contributed by atoms with Crippen molar-refractivity contribution in [1.29, 1.82) is 0 Å². The summed E-state index contributed by atoms with van der Waals surface area (Å²) in [5.41, 5.74) is 0.552. The molecule has 0 aromatic carbocycles. The summed E-state index contributed by atoms with van der Waals surface area (Å²) < 4.78 is 1.14. The van der Waals surface area contributed by atoms with Crippen LogP contribution in [0.2, 0.25) is 0 Å². The van der Waals surface area contributed by atoms with Crippen molar-refractivity contribution in [2.75, 3.05) is 25.9 Å². The molecule has 1 N–H and O–H groups in total. The van der Waals surface area contributed by atoms with Gasteiger partial charge in [0.15, 0.2) is 0 Å². The molecule has 0 spiro atoms. The molecule has 0 saturated carbocycles. The number of thiophene rings is 1. The molecule has 5 rings (SSSR count). The third-order valence-corrected chi connectivity index (χ3v) is 6.38. The van der Waals surface area contributed by atoms with Gasteiger partial charge in [0.2, 0.25) is 0 Å². The Morgan fingerprint density at radius 2 is 2.27 bits per heavy atom. The van der Waals surface area contributed by atoms with E-state index in [0.717, 1.165) is 21.7 Å². The van der Waals surface area contributed by atoms with E-state index in [4.69, 9.17) is 0 Å². The lowest BCUT2D eigenvalue weighted by atomic mass is 9.84. The maximum Gasteiger partial charge on any atom is 0.270 e. The Hall–Kier alpha value is -1.11. The fourth-order valence-electron chi connectivity index (χ4n) is 3.58. The van der Waals surface area contributed by atoms with Gasteiger partial charge in [0.1, 0.15) is 10.7 Å². The molecule has 3 saturated heterocycles. The van der Waals surface area contributed by atoms with E-state index in [9.17, 15) is 4.79 Å². The van der Waals surface area contributed by atoms with Crippen LogP contribution in [0, 0.1) is 5.92 Å². The van der Waals surface area contributed by atoms with Crippen LogP contribution >= 0.6 is 23.1 Å². The first-order valence-electron chi connectivity index (χ1n) is 7.70. The van der Waals surface area contributed by atoms with Crippen LogP contribution in [0.1, 0.15) is 23.3 Å². The van der Waals surface area contributed by atoms with Gasteiger partial charge in [-0.2, -0.15) is 0 Å². The molecule has 3 aliphatic heterocycles. The number of nitrogens with one attached hydrogen (secondary N) is 1. The maximum absolute atomic E-state index is 12.6. The zero-order chi connectivity index (χ0) is 15.1. The van der Waals surface area contributed by atoms with Crippen LogP contribution in [-0.4, -0.2) is 47.7 Å². The zero-order valence-electron chi connectivity index (χ0n) is 12.5. The Kier molecular flexibility index (Phi) is 3.84. The average Bonchev–Trinajstić information content (AvgIpc) is 3.03. The van der Waals surface area contributed by atoms with Crippen LogP contribution in [0.3, 0.4) is 0 Å². The molecule has 6 heteroatoms. The molecule has 5 heterocycles. The number of carbonyl (C=O) groups excluding carboxylic acids is 1. The van der Waals surface area contributed by atoms with Crippen molar-refractivity contribution >= 4 is 39.1 Å². The molecular formula is C16H19N3OS2. The summed E-state index contributed by atoms with van der Waals surface area (Å²) in [6.45, 7) is 3.37. The van der Waals surface area contributed by atoms with Gasteiger partial charge in [-0.1, -0.05) is 0 Å². The number of hydrogen-bond donors (Lipinski definition) is 1. The summed E-state index contributed by atoms with van der Waals surface area (Å²) in [7, 11) is 0. The second-order valence-corrected chi connectivity index (χ2v) is 7.81. The molecular weight excluding hydrogens is 314 g/mol. The molecule has 2 aromatic heterocycles. The second-order valence-electron chi connectivity index (χ2n) is 6.07. The number of thioether (sulfide) groups is 1. The lowest BCUT2D eigenvalue weighted by Crippen LogP contribution is -2.57. The number of fused-ring (bicyclic) bond motifs is 4. The number of nitrogens with zero attached hydrogens (tertiary/aromatic N) is 2. The van der Waals surface area contributed by atoms with Gasteiger partial charge >= 0.3 is 0 Å². The summed E-state index contributed by atoms with van der Waals surface area (Å²) in [6, 6.07) is 4.29. The van der Waals surface area contributed by atoms with Gasteiger partial charge in [-0.3, -0.25) is 4.79 Å². The third-order valence-electron chi connectivity index (χ3n) is 4.81. The molecule has 116 valence electrons. The van der Waals surface area contributed by atoms with E-state index >= 15 is 0 Å². The van der Waals surface area contributed by atoms with Crippen LogP contribution in [0.25, 0.3) is 10.1 Å². The maximum atomic E-state index is 12.6. The Balaban J connectivity index is 1.57. The first kappa shape index (κ1) is 14.5. The molecule has 2 aromatic rings. The third kappa shape index (κ3) is 2.53. The summed E-state index contributed by atoms with van der Waals surface area (Å²) in [5.74, 6) is 0.615. The highest BCUT2D eigenvalue weighted by Crippen LogP contribution is 2.30. The first-order chi connectivity index (χ1) is 10.7. The molecule has 1 unspecified atom stereocenters. The smallest absolute Gasteiger partial charge is 0.270 e. The minimum absolute atomic E-state index is 0.0238. The molecule has 3 fully saturated rings. The molecule has 3 aliphatic rings. The number of piperidine rings is 3. The molecule has 4 nitrogen and oxygen atoms in total. The topological polar surface area (TPSA) is 45.2 Å². The van der Waals surface area contributed by atoms with E-state index in [1.165, 1.54) is 25.9 Å². The van der Waals surface area contributed by atoms with Crippen LogP contribution in [-0.2, 0) is 0 Å². The van der Waals surface area contributed by atoms with Gasteiger partial charge in [-0.25, -0.2) is 4.98 Å². The minimum Gasteiger partial charge on any atom is -0.346 e. The highest BCUT2D eigenvalue weighted by molar-refractivity contribution is 7.98. The number of pyridine rings is 1. The zero-order valence-corrected chi connectivity index (χ0v) is 14.2. The largest absolute Gasteiger partial charge is 0.346 e. The predicted octanol–water partition coefficient (Wildman–Crippen LogP) is 2.84. The molecule has 0 aliphatic carbocycles.